The second-order valence-corrected chi connectivity index (χ2v) is 6.45. The number of hydrazone groups is 1. The van der Waals surface area contributed by atoms with Crippen LogP contribution in [0.25, 0.3) is 11.0 Å². The molecule has 1 amide bonds. The Morgan fingerprint density at radius 2 is 2.08 bits per heavy atom. The maximum atomic E-state index is 12.1. The number of non-ortho nitro benzene ring substituents is 1. The van der Waals surface area contributed by atoms with Gasteiger partial charge in [-0.25, -0.2) is 5.43 Å². The average Bonchev–Trinajstić information content (AvgIpc) is 2.96. The number of nitro benzene ring substituents is 1. The van der Waals surface area contributed by atoms with E-state index in [1.54, 1.807) is 31.2 Å². The van der Waals surface area contributed by atoms with E-state index in [2.05, 4.69) is 33.1 Å². The van der Waals surface area contributed by atoms with Crippen LogP contribution in [0.15, 0.2) is 52.0 Å². The van der Waals surface area contributed by atoms with Crippen LogP contribution in [0, 0.1) is 20.6 Å². The quantitative estimate of drug-likeness (QED) is 0.282. The van der Waals surface area contributed by atoms with E-state index in [1.807, 2.05) is 12.1 Å². The summed E-state index contributed by atoms with van der Waals surface area (Å²) in [6.45, 7) is 1.77. The van der Waals surface area contributed by atoms with E-state index >= 15 is 0 Å². The summed E-state index contributed by atoms with van der Waals surface area (Å²) >= 11 is 2.07. The fourth-order valence-electron chi connectivity index (χ4n) is 2.36. The fraction of sp³-hybridized carbons (Fsp3) is 0.0588. The number of benzene rings is 2. The van der Waals surface area contributed by atoms with Crippen molar-refractivity contribution in [1.29, 1.82) is 0 Å². The zero-order valence-electron chi connectivity index (χ0n) is 13.0. The van der Waals surface area contributed by atoms with Crippen molar-refractivity contribution in [2.45, 2.75) is 6.92 Å². The number of carbonyl (C=O) groups excluding carboxylic acids is 1. The zero-order chi connectivity index (χ0) is 18.0. The molecule has 25 heavy (non-hydrogen) atoms. The van der Waals surface area contributed by atoms with Crippen LogP contribution in [-0.4, -0.2) is 17.0 Å². The lowest BCUT2D eigenvalue weighted by molar-refractivity contribution is -0.383. The first-order valence-electron chi connectivity index (χ1n) is 7.22. The number of halogens is 1. The number of furan rings is 1. The van der Waals surface area contributed by atoms with Gasteiger partial charge in [-0.15, -0.1) is 0 Å². The van der Waals surface area contributed by atoms with Crippen LogP contribution in [0.4, 0.5) is 5.69 Å². The van der Waals surface area contributed by atoms with Gasteiger partial charge in [-0.3, -0.25) is 14.9 Å². The van der Waals surface area contributed by atoms with Gasteiger partial charge in [0.05, 0.1) is 16.7 Å². The molecule has 0 fully saturated rings. The predicted molar refractivity (Wildman–Crippen MR) is 102 cm³/mol. The molecule has 1 N–H and O–H groups in total. The van der Waals surface area contributed by atoms with E-state index in [-0.39, 0.29) is 17.2 Å². The summed E-state index contributed by atoms with van der Waals surface area (Å²) in [4.78, 5) is 22.7. The third kappa shape index (κ3) is 3.68. The number of rotatable bonds is 4. The first kappa shape index (κ1) is 17.1. The van der Waals surface area contributed by atoms with Crippen LogP contribution in [0.5, 0.6) is 0 Å². The predicted octanol–water partition coefficient (Wildman–Crippen LogP) is 4.02. The Kier molecular flexibility index (Phi) is 4.79. The number of amides is 1. The van der Waals surface area contributed by atoms with E-state index in [0.29, 0.717) is 16.7 Å². The van der Waals surface area contributed by atoms with Crippen molar-refractivity contribution in [3.05, 3.63) is 73.0 Å². The van der Waals surface area contributed by atoms with Gasteiger partial charge in [0.25, 0.3) is 5.91 Å². The molecule has 0 saturated carbocycles. The number of carbonyl (C=O) groups is 1. The molecular weight excluding hydrogens is 437 g/mol. The summed E-state index contributed by atoms with van der Waals surface area (Å²) in [6, 6.07) is 12.0. The number of nitrogens with one attached hydrogen (secondary N) is 1. The highest BCUT2D eigenvalue weighted by Gasteiger charge is 2.17. The summed E-state index contributed by atoms with van der Waals surface area (Å²) < 4.78 is 6.29. The van der Waals surface area contributed by atoms with Gasteiger partial charge in [-0.05, 0) is 59.3 Å². The monoisotopic (exact) mass is 449 g/mol. The summed E-state index contributed by atoms with van der Waals surface area (Å²) in [5.74, 6) is -0.0362. The van der Waals surface area contributed by atoms with Crippen molar-refractivity contribution < 1.29 is 14.1 Å². The van der Waals surface area contributed by atoms with Gasteiger partial charge in [0, 0.05) is 15.0 Å². The number of aryl methyl sites for hydroxylation is 1. The number of nitrogens with zero attached hydrogens (tertiary/aromatic N) is 2. The minimum absolute atomic E-state index is 0.0995. The Hall–Kier alpha value is -2.75. The minimum Gasteiger partial charge on any atom is -0.448 e. The molecule has 8 heteroatoms. The highest BCUT2D eigenvalue weighted by molar-refractivity contribution is 14.1. The molecular formula is C17H12IN3O4. The van der Waals surface area contributed by atoms with Gasteiger partial charge in [0.1, 0.15) is 5.76 Å². The van der Waals surface area contributed by atoms with Crippen LogP contribution >= 0.6 is 22.6 Å². The summed E-state index contributed by atoms with van der Waals surface area (Å²) in [5.41, 5.74) is 3.77. The first-order valence-corrected chi connectivity index (χ1v) is 8.30. The molecule has 1 heterocycles. The first-order chi connectivity index (χ1) is 12.0. The minimum atomic E-state index is -0.487. The Morgan fingerprint density at radius 1 is 1.32 bits per heavy atom. The maximum Gasteiger partial charge on any atom is 0.312 e. The van der Waals surface area contributed by atoms with E-state index in [1.165, 1.54) is 12.3 Å². The molecule has 0 bridgehead atoms. The lowest BCUT2D eigenvalue weighted by Crippen LogP contribution is -2.18. The van der Waals surface area contributed by atoms with Gasteiger partial charge in [-0.2, -0.15) is 5.10 Å². The highest BCUT2D eigenvalue weighted by Crippen LogP contribution is 2.29. The molecule has 3 rings (SSSR count). The average molecular weight is 449 g/mol. The fourth-order valence-corrected chi connectivity index (χ4v) is 2.99. The molecule has 0 saturated heterocycles. The van der Waals surface area contributed by atoms with E-state index < -0.39 is 4.92 Å². The van der Waals surface area contributed by atoms with Crippen LogP contribution in [-0.2, 0) is 0 Å². The van der Waals surface area contributed by atoms with Crippen molar-refractivity contribution in [3.63, 3.8) is 0 Å². The summed E-state index contributed by atoms with van der Waals surface area (Å²) in [5, 5.41) is 15.6. The van der Waals surface area contributed by atoms with E-state index in [4.69, 9.17) is 4.42 Å². The molecule has 0 aliphatic heterocycles. The molecule has 0 aliphatic rings. The van der Waals surface area contributed by atoms with Crippen molar-refractivity contribution in [3.8, 4) is 0 Å². The number of nitro groups is 1. The Morgan fingerprint density at radius 3 is 2.80 bits per heavy atom. The Bertz CT molecular complexity index is 1010. The molecule has 1 aromatic heterocycles. The van der Waals surface area contributed by atoms with Crippen molar-refractivity contribution in [2.75, 3.05) is 0 Å². The lowest BCUT2D eigenvalue weighted by atomic mass is 10.1. The van der Waals surface area contributed by atoms with Gasteiger partial charge < -0.3 is 4.42 Å². The normalized spacial score (nSPS) is 11.1. The smallest absolute Gasteiger partial charge is 0.312 e. The second kappa shape index (κ2) is 7.01. The third-order valence-electron chi connectivity index (χ3n) is 3.43. The van der Waals surface area contributed by atoms with Crippen LogP contribution < -0.4 is 5.43 Å². The molecule has 126 valence electrons. The van der Waals surface area contributed by atoms with Crippen molar-refractivity contribution >= 4 is 51.4 Å². The molecule has 3 aromatic rings. The molecule has 2 aromatic carbocycles. The van der Waals surface area contributed by atoms with Crippen LogP contribution in [0.3, 0.4) is 0 Å². The lowest BCUT2D eigenvalue weighted by Gasteiger charge is -2.01. The SMILES string of the molecule is Cc1cc([N+](=O)[O-])c2oc(/C=N/NC(=O)c3ccccc3I)cc2c1. The topological polar surface area (TPSA) is 97.7 Å². The van der Waals surface area contributed by atoms with Crippen LogP contribution in [0.1, 0.15) is 21.7 Å². The van der Waals surface area contributed by atoms with Crippen LogP contribution in [0.2, 0.25) is 0 Å². The number of hydrogen-bond acceptors (Lipinski definition) is 5. The van der Waals surface area contributed by atoms with Gasteiger partial charge >= 0.3 is 5.69 Å². The molecule has 7 nitrogen and oxygen atoms in total. The standard InChI is InChI=1S/C17H12IN3O4/c1-10-6-11-8-12(25-16(11)15(7-10)21(23)24)9-19-20-17(22)13-4-2-3-5-14(13)18/h2-9H,1H3,(H,20,22)/b19-9+. The summed E-state index contributed by atoms with van der Waals surface area (Å²) in [7, 11) is 0. The van der Waals surface area contributed by atoms with E-state index in [9.17, 15) is 14.9 Å². The summed E-state index contributed by atoms with van der Waals surface area (Å²) in [6.07, 6.45) is 1.31. The van der Waals surface area contributed by atoms with E-state index in [0.717, 1.165) is 9.13 Å². The largest absolute Gasteiger partial charge is 0.448 e. The second-order valence-electron chi connectivity index (χ2n) is 5.29. The zero-order valence-corrected chi connectivity index (χ0v) is 15.2. The third-order valence-corrected chi connectivity index (χ3v) is 4.37. The highest BCUT2D eigenvalue weighted by atomic mass is 127. The molecule has 0 radical (unpaired) electrons. The molecule has 0 aliphatic carbocycles. The Balaban J connectivity index is 1.82. The van der Waals surface area contributed by atoms with Crippen molar-refractivity contribution in [1.82, 2.24) is 5.43 Å². The maximum absolute atomic E-state index is 12.1. The van der Waals surface area contributed by atoms with Crippen molar-refractivity contribution in [2.24, 2.45) is 5.10 Å². The molecule has 0 atom stereocenters. The van der Waals surface area contributed by atoms with Gasteiger partial charge in [0.2, 0.25) is 5.58 Å². The van der Waals surface area contributed by atoms with Gasteiger partial charge in [0.15, 0.2) is 0 Å². The molecule has 0 spiro atoms. The number of hydrogen-bond donors (Lipinski definition) is 1. The van der Waals surface area contributed by atoms with Gasteiger partial charge in [-0.1, -0.05) is 12.1 Å². The Labute approximate surface area is 156 Å². The number of fused-ring (bicyclic) bond motifs is 1. The molecule has 0 unspecified atom stereocenters.